The van der Waals surface area contributed by atoms with Gasteiger partial charge in [0, 0.05) is 23.3 Å². The predicted molar refractivity (Wildman–Crippen MR) is 78.4 cm³/mol. The molecule has 0 aliphatic rings. The molecule has 5 nitrogen and oxygen atoms in total. The summed E-state index contributed by atoms with van der Waals surface area (Å²) >= 11 is 1.41. The number of aromatic nitrogens is 3. The fraction of sp³-hybridized carbons (Fsp3) is 0.0714. The number of carbonyl (C=O) groups excluding carboxylic acids is 1. The van der Waals surface area contributed by atoms with Crippen LogP contribution in [0.4, 0.5) is 5.13 Å². The van der Waals surface area contributed by atoms with Crippen LogP contribution in [0.5, 0.6) is 0 Å². The molecule has 2 heterocycles. The van der Waals surface area contributed by atoms with E-state index in [0.717, 1.165) is 11.4 Å². The van der Waals surface area contributed by atoms with Crippen molar-refractivity contribution in [2.75, 3.05) is 5.32 Å². The monoisotopic (exact) mass is 284 g/mol. The summed E-state index contributed by atoms with van der Waals surface area (Å²) < 4.78 is 1.71. The highest BCUT2D eigenvalue weighted by molar-refractivity contribution is 7.13. The first kappa shape index (κ1) is 12.6. The summed E-state index contributed by atoms with van der Waals surface area (Å²) in [6, 6.07) is 9.13. The molecule has 3 rings (SSSR count). The minimum atomic E-state index is -0.173. The maximum absolute atomic E-state index is 12.2. The SMILES string of the molecule is Cc1csc(NC(=O)c2cccc(-n3cccn3)c2)n1. The second-order valence-corrected chi connectivity index (χ2v) is 5.11. The molecule has 20 heavy (non-hydrogen) atoms. The first-order valence-corrected chi connectivity index (χ1v) is 6.94. The number of anilines is 1. The van der Waals surface area contributed by atoms with Crippen LogP contribution in [0.25, 0.3) is 5.69 Å². The van der Waals surface area contributed by atoms with Crippen molar-refractivity contribution in [3.8, 4) is 5.69 Å². The molecule has 2 aromatic heterocycles. The van der Waals surface area contributed by atoms with Gasteiger partial charge >= 0.3 is 0 Å². The molecule has 6 heteroatoms. The number of carbonyl (C=O) groups is 1. The van der Waals surface area contributed by atoms with E-state index < -0.39 is 0 Å². The number of hydrogen-bond acceptors (Lipinski definition) is 4. The maximum Gasteiger partial charge on any atom is 0.257 e. The highest BCUT2D eigenvalue weighted by Crippen LogP contribution is 2.16. The van der Waals surface area contributed by atoms with Gasteiger partial charge in [-0.2, -0.15) is 5.10 Å². The van der Waals surface area contributed by atoms with Gasteiger partial charge in [-0.25, -0.2) is 9.67 Å². The number of nitrogens with zero attached hydrogens (tertiary/aromatic N) is 3. The van der Waals surface area contributed by atoms with Gasteiger partial charge in [0.1, 0.15) is 0 Å². The van der Waals surface area contributed by atoms with E-state index in [1.54, 1.807) is 23.0 Å². The van der Waals surface area contributed by atoms with Gasteiger partial charge in [0.2, 0.25) is 0 Å². The largest absolute Gasteiger partial charge is 0.298 e. The van der Waals surface area contributed by atoms with Crippen molar-refractivity contribution < 1.29 is 4.79 Å². The summed E-state index contributed by atoms with van der Waals surface area (Å²) in [6.45, 7) is 1.89. The van der Waals surface area contributed by atoms with Crippen LogP contribution in [-0.2, 0) is 0 Å². The molecule has 0 radical (unpaired) electrons. The molecular formula is C14H12N4OS. The van der Waals surface area contributed by atoms with E-state index in [4.69, 9.17) is 0 Å². The zero-order chi connectivity index (χ0) is 13.9. The van der Waals surface area contributed by atoms with Gasteiger partial charge in [-0.05, 0) is 31.2 Å². The minimum absolute atomic E-state index is 0.173. The third-order valence-corrected chi connectivity index (χ3v) is 3.59. The molecular weight excluding hydrogens is 272 g/mol. The number of rotatable bonds is 3. The zero-order valence-electron chi connectivity index (χ0n) is 10.8. The van der Waals surface area contributed by atoms with Crippen molar-refractivity contribution in [3.63, 3.8) is 0 Å². The number of benzene rings is 1. The van der Waals surface area contributed by atoms with Gasteiger partial charge in [-0.1, -0.05) is 6.07 Å². The van der Waals surface area contributed by atoms with Gasteiger partial charge in [0.25, 0.3) is 5.91 Å². The molecule has 0 fully saturated rings. The van der Waals surface area contributed by atoms with E-state index >= 15 is 0 Å². The summed E-state index contributed by atoms with van der Waals surface area (Å²) in [5.41, 5.74) is 2.32. The quantitative estimate of drug-likeness (QED) is 0.804. The fourth-order valence-electron chi connectivity index (χ4n) is 1.79. The van der Waals surface area contributed by atoms with Crippen molar-refractivity contribution in [2.24, 2.45) is 0 Å². The van der Waals surface area contributed by atoms with Crippen LogP contribution in [0.2, 0.25) is 0 Å². The number of nitrogens with one attached hydrogen (secondary N) is 1. The Morgan fingerprint density at radius 1 is 1.35 bits per heavy atom. The molecule has 0 spiro atoms. The Balaban J connectivity index is 1.83. The van der Waals surface area contributed by atoms with Gasteiger partial charge in [0.15, 0.2) is 5.13 Å². The second kappa shape index (κ2) is 5.26. The normalized spacial score (nSPS) is 10.4. The first-order chi connectivity index (χ1) is 9.72. The zero-order valence-corrected chi connectivity index (χ0v) is 11.6. The van der Waals surface area contributed by atoms with Crippen LogP contribution in [-0.4, -0.2) is 20.7 Å². The number of aryl methyl sites for hydroxylation is 1. The van der Waals surface area contributed by atoms with Crippen LogP contribution in [0.3, 0.4) is 0 Å². The van der Waals surface area contributed by atoms with E-state index in [9.17, 15) is 4.79 Å². The third-order valence-electron chi connectivity index (χ3n) is 2.72. The van der Waals surface area contributed by atoms with Crippen LogP contribution in [0.15, 0.2) is 48.1 Å². The lowest BCUT2D eigenvalue weighted by molar-refractivity contribution is 0.102. The number of thiazole rings is 1. The number of hydrogen-bond donors (Lipinski definition) is 1. The molecule has 3 aromatic rings. The molecule has 1 N–H and O–H groups in total. The summed E-state index contributed by atoms with van der Waals surface area (Å²) in [4.78, 5) is 16.4. The molecule has 1 amide bonds. The standard InChI is InChI=1S/C14H12N4OS/c1-10-9-20-14(16-10)17-13(19)11-4-2-5-12(8-11)18-7-3-6-15-18/h2-9H,1H3,(H,16,17,19). The molecule has 100 valence electrons. The Morgan fingerprint density at radius 2 is 2.25 bits per heavy atom. The summed E-state index contributed by atoms with van der Waals surface area (Å²) in [6.07, 6.45) is 3.53. The highest BCUT2D eigenvalue weighted by atomic mass is 32.1. The maximum atomic E-state index is 12.2. The van der Waals surface area contributed by atoms with Gasteiger partial charge in [0.05, 0.1) is 11.4 Å². The van der Waals surface area contributed by atoms with Crippen LogP contribution >= 0.6 is 11.3 Å². The predicted octanol–water partition coefficient (Wildman–Crippen LogP) is 2.89. The lowest BCUT2D eigenvalue weighted by Gasteiger charge is -2.05. The Morgan fingerprint density at radius 3 is 2.95 bits per heavy atom. The van der Waals surface area contributed by atoms with Crippen LogP contribution in [0, 0.1) is 6.92 Å². The van der Waals surface area contributed by atoms with E-state index in [1.165, 1.54) is 11.3 Å². The summed E-state index contributed by atoms with van der Waals surface area (Å²) in [5.74, 6) is -0.173. The first-order valence-electron chi connectivity index (χ1n) is 6.06. The highest BCUT2D eigenvalue weighted by Gasteiger charge is 2.09. The molecule has 0 saturated carbocycles. The molecule has 0 aliphatic heterocycles. The Bertz CT molecular complexity index is 733. The molecule has 0 aliphatic carbocycles. The van der Waals surface area contributed by atoms with Crippen LogP contribution < -0.4 is 5.32 Å². The second-order valence-electron chi connectivity index (χ2n) is 4.25. The summed E-state index contributed by atoms with van der Waals surface area (Å²) in [7, 11) is 0. The fourth-order valence-corrected chi connectivity index (χ4v) is 2.48. The molecule has 0 atom stereocenters. The van der Waals surface area contributed by atoms with E-state index in [1.807, 2.05) is 36.7 Å². The molecule has 1 aromatic carbocycles. The smallest absolute Gasteiger partial charge is 0.257 e. The van der Waals surface area contributed by atoms with Crippen LogP contribution in [0.1, 0.15) is 16.1 Å². The van der Waals surface area contributed by atoms with Crippen molar-refractivity contribution in [2.45, 2.75) is 6.92 Å². The topological polar surface area (TPSA) is 59.8 Å². The van der Waals surface area contributed by atoms with E-state index in [-0.39, 0.29) is 5.91 Å². The Kier molecular flexibility index (Phi) is 3.30. The molecule has 0 saturated heterocycles. The summed E-state index contributed by atoms with van der Waals surface area (Å²) in [5, 5.41) is 9.45. The third kappa shape index (κ3) is 2.60. The minimum Gasteiger partial charge on any atom is -0.298 e. The lowest BCUT2D eigenvalue weighted by atomic mass is 10.2. The lowest BCUT2D eigenvalue weighted by Crippen LogP contribution is -2.12. The van der Waals surface area contributed by atoms with E-state index in [0.29, 0.717) is 10.7 Å². The average Bonchev–Trinajstić information content (AvgIpc) is 3.11. The van der Waals surface area contributed by atoms with Gasteiger partial charge in [-0.15, -0.1) is 11.3 Å². The van der Waals surface area contributed by atoms with Crippen molar-refractivity contribution in [1.29, 1.82) is 0 Å². The van der Waals surface area contributed by atoms with Gasteiger partial charge < -0.3 is 0 Å². The van der Waals surface area contributed by atoms with Crippen molar-refractivity contribution in [3.05, 3.63) is 59.4 Å². The van der Waals surface area contributed by atoms with Gasteiger partial charge in [-0.3, -0.25) is 10.1 Å². The molecule has 0 bridgehead atoms. The Labute approximate surface area is 119 Å². The van der Waals surface area contributed by atoms with Crippen molar-refractivity contribution in [1.82, 2.24) is 14.8 Å². The van der Waals surface area contributed by atoms with Crippen molar-refractivity contribution >= 4 is 22.4 Å². The Hall–Kier alpha value is -2.47. The average molecular weight is 284 g/mol. The number of amides is 1. The molecule has 0 unspecified atom stereocenters. The van der Waals surface area contributed by atoms with E-state index in [2.05, 4.69) is 15.4 Å².